The zero-order valence-electron chi connectivity index (χ0n) is 7.44. The van der Waals surface area contributed by atoms with Crippen LogP contribution in [-0.4, -0.2) is 9.97 Å². The lowest BCUT2D eigenvalue weighted by atomic mass is 10.0. The Labute approximate surface area is 76.5 Å². The molecule has 0 spiro atoms. The molecule has 0 aliphatic rings. The number of nitrogens with zero attached hydrogens (tertiary/aromatic N) is 4. The normalized spacial score (nSPS) is 9.31. The first-order valence-electron chi connectivity index (χ1n) is 3.78. The Morgan fingerprint density at radius 2 is 1.92 bits per heavy atom. The number of aryl methyl sites for hydroxylation is 2. The van der Waals surface area contributed by atoms with Gasteiger partial charge in [-0.1, -0.05) is 0 Å². The van der Waals surface area contributed by atoms with Gasteiger partial charge in [0.25, 0.3) is 0 Å². The van der Waals surface area contributed by atoms with Crippen molar-refractivity contribution in [3.05, 3.63) is 23.3 Å². The fraction of sp³-hybridized carbons (Fsp3) is 0.333. The summed E-state index contributed by atoms with van der Waals surface area (Å²) in [6.07, 6.45) is 1.54. The Balaban J connectivity index is 3.18. The third kappa shape index (κ3) is 1.80. The standard InChI is InChI=1S/C9H8N4/c1-6-9(8(3-10)4-11)5-12-7(2)13-6/h5,8H,1-2H3. The Kier molecular flexibility index (Phi) is 2.56. The zero-order chi connectivity index (χ0) is 9.84. The van der Waals surface area contributed by atoms with E-state index in [0.717, 1.165) is 0 Å². The van der Waals surface area contributed by atoms with Crippen LogP contribution in [0.25, 0.3) is 0 Å². The van der Waals surface area contributed by atoms with Gasteiger partial charge in [0.2, 0.25) is 0 Å². The van der Waals surface area contributed by atoms with Gasteiger partial charge in [-0.05, 0) is 13.8 Å². The second-order valence-corrected chi connectivity index (χ2v) is 2.65. The molecule has 1 aromatic rings. The number of nitriles is 2. The summed E-state index contributed by atoms with van der Waals surface area (Å²) in [5, 5.41) is 17.3. The molecule has 0 aliphatic carbocycles. The summed E-state index contributed by atoms with van der Waals surface area (Å²) in [6.45, 7) is 3.54. The van der Waals surface area contributed by atoms with Crippen molar-refractivity contribution in [3.8, 4) is 12.1 Å². The van der Waals surface area contributed by atoms with E-state index in [-0.39, 0.29) is 0 Å². The predicted molar refractivity (Wildman–Crippen MR) is 45.5 cm³/mol. The van der Waals surface area contributed by atoms with Crippen LogP contribution in [0.15, 0.2) is 6.20 Å². The smallest absolute Gasteiger partial charge is 0.161 e. The van der Waals surface area contributed by atoms with Crippen molar-refractivity contribution in [2.24, 2.45) is 0 Å². The maximum Gasteiger partial charge on any atom is 0.161 e. The van der Waals surface area contributed by atoms with E-state index < -0.39 is 5.92 Å². The first-order valence-corrected chi connectivity index (χ1v) is 3.78. The molecule has 0 radical (unpaired) electrons. The van der Waals surface area contributed by atoms with Gasteiger partial charge >= 0.3 is 0 Å². The van der Waals surface area contributed by atoms with Crippen LogP contribution in [0.2, 0.25) is 0 Å². The molecule has 0 N–H and O–H groups in total. The minimum atomic E-state index is -0.763. The molecule has 1 heterocycles. The highest BCUT2D eigenvalue weighted by molar-refractivity contribution is 5.32. The Bertz CT molecular complexity index is 383. The molecule has 0 bridgehead atoms. The van der Waals surface area contributed by atoms with Crippen molar-refractivity contribution in [2.45, 2.75) is 19.8 Å². The summed E-state index contributed by atoms with van der Waals surface area (Å²) >= 11 is 0. The van der Waals surface area contributed by atoms with Crippen molar-refractivity contribution < 1.29 is 0 Å². The predicted octanol–water partition coefficient (Wildman–Crippen LogP) is 1.22. The summed E-state index contributed by atoms with van der Waals surface area (Å²) in [4.78, 5) is 8.02. The lowest BCUT2D eigenvalue weighted by Crippen LogP contribution is -2.01. The molecular weight excluding hydrogens is 164 g/mol. The highest BCUT2D eigenvalue weighted by Gasteiger charge is 2.12. The van der Waals surface area contributed by atoms with E-state index in [0.29, 0.717) is 17.1 Å². The van der Waals surface area contributed by atoms with Gasteiger partial charge < -0.3 is 0 Å². The average Bonchev–Trinajstić information content (AvgIpc) is 2.10. The molecule has 4 nitrogen and oxygen atoms in total. The second-order valence-electron chi connectivity index (χ2n) is 2.65. The summed E-state index contributed by atoms with van der Waals surface area (Å²) in [7, 11) is 0. The number of hydrogen-bond donors (Lipinski definition) is 0. The van der Waals surface area contributed by atoms with Gasteiger partial charge in [0.1, 0.15) is 5.82 Å². The zero-order valence-corrected chi connectivity index (χ0v) is 7.44. The van der Waals surface area contributed by atoms with Gasteiger partial charge in [0.15, 0.2) is 5.92 Å². The van der Waals surface area contributed by atoms with E-state index in [4.69, 9.17) is 10.5 Å². The number of rotatable bonds is 1. The average molecular weight is 172 g/mol. The van der Waals surface area contributed by atoms with Crippen molar-refractivity contribution in [1.29, 1.82) is 10.5 Å². The van der Waals surface area contributed by atoms with Crippen LogP contribution in [0.5, 0.6) is 0 Å². The molecule has 13 heavy (non-hydrogen) atoms. The second kappa shape index (κ2) is 3.64. The maximum atomic E-state index is 8.65. The summed E-state index contributed by atoms with van der Waals surface area (Å²) < 4.78 is 0. The molecule has 0 amide bonds. The lowest BCUT2D eigenvalue weighted by Gasteiger charge is -2.03. The fourth-order valence-corrected chi connectivity index (χ4v) is 1.04. The van der Waals surface area contributed by atoms with E-state index in [1.807, 2.05) is 12.1 Å². The number of hydrogen-bond acceptors (Lipinski definition) is 4. The molecule has 0 unspecified atom stereocenters. The van der Waals surface area contributed by atoms with Crippen LogP contribution in [0.1, 0.15) is 23.0 Å². The Hall–Kier alpha value is -1.94. The van der Waals surface area contributed by atoms with E-state index in [2.05, 4.69) is 9.97 Å². The van der Waals surface area contributed by atoms with Gasteiger partial charge in [-0.3, -0.25) is 0 Å². The van der Waals surface area contributed by atoms with Crippen LogP contribution >= 0.6 is 0 Å². The largest absolute Gasteiger partial charge is 0.241 e. The van der Waals surface area contributed by atoms with Gasteiger partial charge in [0, 0.05) is 17.5 Å². The van der Waals surface area contributed by atoms with Crippen LogP contribution in [-0.2, 0) is 0 Å². The molecule has 0 aliphatic heterocycles. The molecule has 1 rings (SSSR count). The Morgan fingerprint density at radius 3 is 2.38 bits per heavy atom. The third-order valence-corrected chi connectivity index (χ3v) is 1.71. The summed E-state index contributed by atoms with van der Waals surface area (Å²) in [5.74, 6) is -0.114. The van der Waals surface area contributed by atoms with E-state index in [9.17, 15) is 0 Å². The minimum Gasteiger partial charge on any atom is -0.241 e. The van der Waals surface area contributed by atoms with Crippen molar-refractivity contribution in [3.63, 3.8) is 0 Å². The molecule has 0 saturated heterocycles. The van der Waals surface area contributed by atoms with Crippen molar-refractivity contribution in [2.75, 3.05) is 0 Å². The van der Waals surface area contributed by atoms with E-state index in [1.165, 1.54) is 6.20 Å². The van der Waals surface area contributed by atoms with Crippen LogP contribution < -0.4 is 0 Å². The molecular formula is C9H8N4. The molecule has 0 fully saturated rings. The van der Waals surface area contributed by atoms with E-state index >= 15 is 0 Å². The van der Waals surface area contributed by atoms with Crippen molar-refractivity contribution in [1.82, 2.24) is 9.97 Å². The van der Waals surface area contributed by atoms with Crippen LogP contribution in [0.3, 0.4) is 0 Å². The van der Waals surface area contributed by atoms with E-state index in [1.54, 1.807) is 13.8 Å². The molecule has 0 atom stereocenters. The fourth-order valence-electron chi connectivity index (χ4n) is 1.04. The Morgan fingerprint density at radius 1 is 1.31 bits per heavy atom. The summed E-state index contributed by atoms with van der Waals surface area (Å²) in [5.41, 5.74) is 1.29. The van der Waals surface area contributed by atoms with Crippen LogP contribution in [0, 0.1) is 36.5 Å². The molecule has 4 heteroatoms. The molecule has 0 saturated carbocycles. The first kappa shape index (κ1) is 9.15. The lowest BCUT2D eigenvalue weighted by molar-refractivity contribution is 0.939. The highest BCUT2D eigenvalue weighted by atomic mass is 14.9. The highest BCUT2D eigenvalue weighted by Crippen LogP contribution is 2.15. The summed E-state index contributed by atoms with van der Waals surface area (Å²) in [6, 6.07) is 3.77. The monoisotopic (exact) mass is 172 g/mol. The molecule has 1 aromatic heterocycles. The minimum absolute atomic E-state index is 0.593. The van der Waals surface area contributed by atoms with Gasteiger partial charge in [-0.25, -0.2) is 9.97 Å². The van der Waals surface area contributed by atoms with Gasteiger partial charge in [-0.2, -0.15) is 10.5 Å². The molecule has 0 aromatic carbocycles. The van der Waals surface area contributed by atoms with Gasteiger partial charge in [0.05, 0.1) is 12.1 Å². The SMILES string of the molecule is Cc1ncc(C(C#N)C#N)c(C)n1. The number of aromatic nitrogens is 2. The quantitative estimate of drug-likeness (QED) is 0.638. The maximum absolute atomic E-state index is 8.65. The van der Waals surface area contributed by atoms with Gasteiger partial charge in [-0.15, -0.1) is 0 Å². The van der Waals surface area contributed by atoms with Crippen molar-refractivity contribution >= 4 is 0 Å². The molecule has 64 valence electrons. The topological polar surface area (TPSA) is 73.4 Å². The van der Waals surface area contributed by atoms with Crippen LogP contribution in [0.4, 0.5) is 0 Å². The first-order chi connectivity index (χ1) is 6.19. The third-order valence-electron chi connectivity index (χ3n) is 1.71.